The smallest absolute Gasteiger partial charge is 0.422 e. The molecule has 1 unspecified atom stereocenters. The number of carbonyl (C=O) groups excluding carboxylic acids is 1. The predicted molar refractivity (Wildman–Crippen MR) is 50.5 cm³/mol. The molecule has 0 aromatic carbocycles. The van der Waals surface area contributed by atoms with Crippen molar-refractivity contribution in [2.75, 3.05) is 13.2 Å². The van der Waals surface area contributed by atoms with Crippen LogP contribution in [0.2, 0.25) is 0 Å². The van der Waals surface area contributed by atoms with E-state index in [1.807, 2.05) is 0 Å². The molecule has 0 rings (SSSR count). The molecular formula is C7H14ClF3N2O2. The topological polar surface area (TPSA) is 78.3 Å². The number of ether oxygens (including phenoxy) is 1. The molecule has 0 saturated heterocycles. The van der Waals surface area contributed by atoms with E-state index in [4.69, 9.17) is 11.5 Å². The zero-order valence-electron chi connectivity index (χ0n) is 7.92. The van der Waals surface area contributed by atoms with Crippen LogP contribution < -0.4 is 11.5 Å². The van der Waals surface area contributed by atoms with Crippen LogP contribution in [0.5, 0.6) is 0 Å². The minimum atomic E-state index is -4.48. The molecule has 0 amide bonds. The number of hydrogen-bond donors (Lipinski definition) is 2. The van der Waals surface area contributed by atoms with E-state index in [1.165, 1.54) is 0 Å². The summed E-state index contributed by atoms with van der Waals surface area (Å²) in [4.78, 5) is 10.7. The van der Waals surface area contributed by atoms with Gasteiger partial charge in [-0.15, -0.1) is 12.4 Å². The van der Waals surface area contributed by atoms with Gasteiger partial charge in [-0.25, -0.2) is 0 Å². The lowest BCUT2D eigenvalue weighted by Crippen LogP contribution is -2.30. The maximum absolute atomic E-state index is 11.6. The first-order chi connectivity index (χ1) is 6.35. The van der Waals surface area contributed by atoms with E-state index >= 15 is 0 Å². The van der Waals surface area contributed by atoms with Gasteiger partial charge >= 0.3 is 12.1 Å². The van der Waals surface area contributed by atoms with E-state index in [9.17, 15) is 18.0 Å². The summed E-state index contributed by atoms with van der Waals surface area (Å²) in [6.07, 6.45) is -4.40. The largest absolute Gasteiger partial charge is 0.456 e. The van der Waals surface area contributed by atoms with Crippen molar-refractivity contribution in [1.29, 1.82) is 0 Å². The van der Waals surface area contributed by atoms with Crippen LogP contribution in [0.4, 0.5) is 13.2 Å². The Morgan fingerprint density at radius 2 is 1.93 bits per heavy atom. The van der Waals surface area contributed by atoms with E-state index in [-0.39, 0.29) is 37.8 Å². The molecule has 0 radical (unpaired) electrons. The summed E-state index contributed by atoms with van der Waals surface area (Å²) < 4.78 is 38.6. The van der Waals surface area contributed by atoms with Crippen molar-refractivity contribution >= 4 is 18.4 Å². The van der Waals surface area contributed by atoms with Gasteiger partial charge in [0.2, 0.25) is 0 Å². The van der Waals surface area contributed by atoms with Gasteiger partial charge in [-0.1, -0.05) is 0 Å². The molecule has 0 aromatic heterocycles. The van der Waals surface area contributed by atoms with Crippen molar-refractivity contribution in [1.82, 2.24) is 0 Å². The Morgan fingerprint density at radius 3 is 2.33 bits per heavy atom. The van der Waals surface area contributed by atoms with E-state index in [1.54, 1.807) is 0 Å². The van der Waals surface area contributed by atoms with Crippen LogP contribution in [0.3, 0.4) is 0 Å². The van der Waals surface area contributed by atoms with Crippen LogP contribution in [0.1, 0.15) is 12.8 Å². The summed E-state index contributed by atoms with van der Waals surface area (Å²) in [7, 11) is 0. The first-order valence-corrected chi connectivity index (χ1v) is 4.03. The number of esters is 1. The first kappa shape index (κ1) is 16.9. The average Bonchev–Trinajstić information content (AvgIpc) is 2.09. The SMILES string of the molecule is Cl.NCC(N)CCC(=O)OCC(F)(F)F. The van der Waals surface area contributed by atoms with Crippen molar-refractivity contribution in [2.45, 2.75) is 25.1 Å². The summed E-state index contributed by atoms with van der Waals surface area (Å²) in [6, 6.07) is -0.381. The van der Waals surface area contributed by atoms with Gasteiger partial charge in [0, 0.05) is 19.0 Å². The number of nitrogens with two attached hydrogens (primary N) is 2. The summed E-state index contributed by atoms with van der Waals surface area (Å²) in [5.41, 5.74) is 10.5. The van der Waals surface area contributed by atoms with Gasteiger partial charge < -0.3 is 16.2 Å². The molecule has 0 bridgehead atoms. The third kappa shape index (κ3) is 11.4. The van der Waals surface area contributed by atoms with Crippen molar-refractivity contribution in [2.24, 2.45) is 11.5 Å². The number of halogens is 4. The van der Waals surface area contributed by atoms with Crippen LogP contribution in [0, 0.1) is 0 Å². The molecule has 1 atom stereocenters. The van der Waals surface area contributed by atoms with Crippen LogP contribution in [-0.2, 0) is 9.53 Å². The molecule has 0 aliphatic carbocycles. The van der Waals surface area contributed by atoms with Crippen molar-refractivity contribution in [3.8, 4) is 0 Å². The first-order valence-electron chi connectivity index (χ1n) is 4.03. The van der Waals surface area contributed by atoms with E-state index in [0.29, 0.717) is 0 Å². The van der Waals surface area contributed by atoms with Gasteiger partial charge in [-0.2, -0.15) is 13.2 Å². The zero-order valence-corrected chi connectivity index (χ0v) is 8.74. The number of rotatable bonds is 5. The molecule has 92 valence electrons. The fourth-order valence-electron chi connectivity index (χ4n) is 0.656. The van der Waals surface area contributed by atoms with Crippen LogP contribution in [0.25, 0.3) is 0 Å². The molecule has 4 nitrogen and oxygen atoms in total. The molecule has 0 saturated carbocycles. The standard InChI is InChI=1S/C7H13F3N2O2.ClH/c8-7(9,10)4-14-6(13)2-1-5(12)3-11;/h5H,1-4,11-12H2;1H. The number of hydrogen-bond acceptors (Lipinski definition) is 4. The Kier molecular flexibility index (Phi) is 8.69. The highest BCUT2D eigenvalue weighted by Crippen LogP contribution is 2.14. The number of carbonyl (C=O) groups is 1. The fourth-order valence-corrected chi connectivity index (χ4v) is 0.656. The lowest BCUT2D eigenvalue weighted by Gasteiger charge is -2.09. The molecule has 0 aromatic rings. The van der Waals surface area contributed by atoms with E-state index in [0.717, 1.165) is 0 Å². The van der Waals surface area contributed by atoms with E-state index in [2.05, 4.69) is 4.74 Å². The Labute approximate surface area is 91.5 Å². The van der Waals surface area contributed by atoms with Gasteiger partial charge in [0.05, 0.1) is 0 Å². The van der Waals surface area contributed by atoms with Gasteiger partial charge in [-0.3, -0.25) is 4.79 Å². The zero-order chi connectivity index (χ0) is 11.2. The maximum Gasteiger partial charge on any atom is 0.422 e. The van der Waals surface area contributed by atoms with Crippen LogP contribution in [-0.4, -0.2) is 31.3 Å². The molecular weight excluding hydrogens is 237 g/mol. The highest BCUT2D eigenvalue weighted by Gasteiger charge is 2.29. The summed E-state index contributed by atoms with van der Waals surface area (Å²) in [5, 5.41) is 0. The summed E-state index contributed by atoms with van der Waals surface area (Å²) in [6.45, 7) is -1.36. The van der Waals surface area contributed by atoms with Crippen molar-refractivity contribution in [3.05, 3.63) is 0 Å². The molecule has 0 fully saturated rings. The monoisotopic (exact) mass is 250 g/mol. The molecule has 0 heterocycles. The Morgan fingerprint density at radius 1 is 1.40 bits per heavy atom. The average molecular weight is 251 g/mol. The third-order valence-electron chi connectivity index (χ3n) is 1.42. The fraction of sp³-hybridized carbons (Fsp3) is 0.857. The number of alkyl halides is 3. The van der Waals surface area contributed by atoms with Gasteiger partial charge in [0.25, 0.3) is 0 Å². The van der Waals surface area contributed by atoms with Crippen molar-refractivity contribution < 1.29 is 22.7 Å². The van der Waals surface area contributed by atoms with Crippen molar-refractivity contribution in [3.63, 3.8) is 0 Å². The molecule has 0 spiro atoms. The highest BCUT2D eigenvalue weighted by atomic mass is 35.5. The van der Waals surface area contributed by atoms with Gasteiger partial charge in [-0.05, 0) is 6.42 Å². The Hall–Kier alpha value is -0.530. The van der Waals surface area contributed by atoms with E-state index < -0.39 is 18.8 Å². The molecule has 15 heavy (non-hydrogen) atoms. The minimum Gasteiger partial charge on any atom is -0.456 e. The molecule has 8 heteroatoms. The van der Waals surface area contributed by atoms with Crippen LogP contribution >= 0.6 is 12.4 Å². The molecule has 4 N–H and O–H groups in total. The quantitative estimate of drug-likeness (QED) is 0.700. The van der Waals surface area contributed by atoms with Gasteiger partial charge in [0.15, 0.2) is 6.61 Å². The Balaban J connectivity index is 0. The second-order valence-corrected chi connectivity index (χ2v) is 2.81. The maximum atomic E-state index is 11.6. The summed E-state index contributed by atoms with van der Waals surface area (Å²) in [5.74, 6) is -0.911. The lowest BCUT2D eigenvalue weighted by molar-refractivity contribution is -0.186. The van der Waals surface area contributed by atoms with Gasteiger partial charge in [0.1, 0.15) is 0 Å². The van der Waals surface area contributed by atoms with Crippen LogP contribution in [0.15, 0.2) is 0 Å². The third-order valence-corrected chi connectivity index (χ3v) is 1.42. The second-order valence-electron chi connectivity index (χ2n) is 2.81. The summed E-state index contributed by atoms with van der Waals surface area (Å²) >= 11 is 0. The Bertz CT molecular complexity index is 190. The normalized spacial score (nSPS) is 12.9. The predicted octanol–water partition coefficient (Wildman–Crippen LogP) is 0.580. The molecule has 0 aliphatic rings. The second kappa shape index (κ2) is 7.72. The molecule has 0 aliphatic heterocycles. The lowest BCUT2D eigenvalue weighted by atomic mass is 10.2. The minimum absolute atomic E-state index is 0. The highest BCUT2D eigenvalue weighted by molar-refractivity contribution is 5.85.